The maximum Gasteiger partial charge on any atom is 0.226 e. The number of likely N-dealkylation sites (tertiary alicyclic amines) is 1. The monoisotopic (exact) mass is 356 g/mol. The van der Waals surface area contributed by atoms with Crippen LogP contribution in [0.5, 0.6) is 0 Å². The molecule has 2 fully saturated rings. The van der Waals surface area contributed by atoms with Crippen molar-refractivity contribution in [1.29, 1.82) is 0 Å². The van der Waals surface area contributed by atoms with Crippen LogP contribution in [-0.2, 0) is 23.2 Å². The SMILES string of the molecule is Cc1c([C@@H]2[C@@H](C(=O)NCCn3ccnc3)CC(=O)N2C2CC2)cnn1C. The summed E-state index contributed by atoms with van der Waals surface area (Å²) in [6.45, 7) is 3.17. The maximum atomic E-state index is 12.9. The Labute approximate surface area is 152 Å². The van der Waals surface area contributed by atoms with Crippen molar-refractivity contribution in [2.75, 3.05) is 6.54 Å². The lowest BCUT2D eigenvalue weighted by molar-refractivity contribution is -0.129. The standard InChI is InChI=1S/C18H24N6O2/c1-12-15(10-21-22(12)2)17-14(9-16(25)24(17)13-3-4-13)18(26)20-6-8-23-7-5-19-11-23/h5,7,10-11,13-14,17H,3-4,6,8-9H2,1-2H3,(H,20,26)/t14-,17-/m0/s1. The number of carbonyl (C=O) groups is 2. The first-order chi connectivity index (χ1) is 12.6. The first-order valence-corrected chi connectivity index (χ1v) is 9.09. The van der Waals surface area contributed by atoms with Gasteiger partial charge in [0.2, 0.25) is 11.8 Å². The van der Waals surface area contributed by atoms with Crippen molar-refractivity contribution in [1.82, 2.24) is 29.5 Å². The van der Waals surface area contributed by atoms with Gasteiger partial charge in [-0.1, -0.05) is 0 Å². The van der Waals surface area contributed by atoms with Gasteiger partial charge in [0.15, 0.2) is 0 Å². The van der Waals surface area contributed by atoms with Crippen molar-refractivity contribution in [3.05, 3.63) is 36.2 Å². The van der Waals surface area contributed by atoms with Crippen molar-refractivity contribution >= 4 is 11.8 Å². The number of nitrogens with one attached hydrogen (secondary N) is 1. The largest absolute Gasteiger partial charge is 0.354 e. The summed E-state index contributed by atoms with van der Waals surface area (Å²) in [5, 5.41) is 7.32. The molecule has 1 aliphatic carbocycles. The second kappa shape index (κ2) is 6.59. The third-order valence-electron chi connectivity index (χ3n) is 5.46. The first kappa shape index (κ1) is 16.8. The van der Waals surface area contributed by atoms with E-state index in [4.69, 9.17) is 0 Å². The quantitative estimate of drug-likeness (QED) is 0.829. The number of hydrogen-bond donors (Lipinski definition) is 1. The molecule has 1 saturated heterocycles. The van der Waals surface area contributed by atoms with Crippen LogP contribution in [0.4, 0.5) is 0 Å². The summed E-state index contributed by atoms with van der Waals surface area (Å²) >= 11 is 0. The number of rotatable bonds is 6. The summed E-state index contributed by atoms with van der Waals surface area (Å²) in [5.41, 5.74) is 1.99. The minimum atomic E-state index is -0.367. The number of carbonyl (C=O) groups excluding carboxylic acids is 2. The predicted molar refractivity (Wildman–Crippen MR) is 93.9 cm³/mol. The average molecular weight is 356 g/mol. The van der Waals surface area contributed by atoms with Gasteiger partial charge in [-0.3, -0.25) is 14.3 Å². The highest BCUT2D eigenvalue weighted by Crippen LogP contribution is 2.45. The number of amides is 2. The summed E-state index contributed by atoms with van der Waals surface area (Å²) in [7, 11) is 1.89. The highest BCUT2D eigenvalue weighted by Gasteiger charge is 2.50. The van der Waals surface area contributed by atoms with E-state index in [2.05, 4.69) is 15.4 Å². The van der Waals surface area contributed by atoms with E-state index in [1.54, 1.807) is 23.4 Å². The van der Waals surface area contributed by atoms with Gasteiger partial charge in [0.1, 0.15) is 0 Å². The summed E-state index contributed by atoms with van der Waals surface area (Å²) in [6.07, 6.45) is 9.43. The van der Waals surface area contributed by atoms with Crippen LogP contribution in [0.3, 0.4) is 0 Å². The lowest BCUT2D eigenvalue weighted by Crippen LogP contribution is -2.37. The van der Waals surface area contributed by atoms with Gasteiger partial charge in [-0.05, 0) is 19.8 Å². The van der Waals surface area contributed by atoms with E-state index in [1.807, 2.05) is 29.6 Å². The molecule has 138 valence electrons. The molecule has 2 amide bonds. The van der Waals surface area contributed by atoms with Crippen LogP contribution in [0.15, 0.2) is 24.9 Å². The van der Waals surface area contributed by atoms with Gasteiger partial charge in [0.25, 0.3) is 0 Å². The third kappa shape index (κ3) is 3.00. The van der Waals surface area contributed by atoms with Crippen molar-refractivity contribution < 1.29 is 9.59 Å². The molecule has 1 aliphatic heterocycles. The Balaban J connectivity index is 1.52. The van der Waals surface area contributed by atoms with E-state index >= 15 is 0 Å². The molecule has 2 aromatic rings. The van der Waals surface area contributed by atoms with Gasteiger partial charge >= 0.3 is 0 Å². The van der Waals surface area contributed by atoms with Gasteiger partial charge in [-0.15, -0.1) is 0 Å². The van der Waals surface area contributed by atoms with Crippen LogP contribution in [-0.4, -0.2) is 48.6 Å². The Kier molecular flexibility index (Phi) is 4.26. The molecule has 0 spiro atoms. The summed E-state index contributed by atoms with van der Waals surface area (Å²) < 4.78 is 3.72. The van der Waals surface area contributed by atoms with Crippen molar-refractivity contribution in [3.8, 4) is 0 Å². The lowest BCUT2D eigenvalue weighted by atomic mass is 9.93. The van der Waals surface area contributed by atoms with Crippen molar-refractivity contribution in [2.24, 2.45) is 13.0 Å². The van der Waals surface area contributed by atoms with Gasteiger partial charge in [-0.2, -0.15) is 5.10 Å². The van der Waals surface area contributed by atoms with Crippen molar-refractivity contribution in [2.45, 2.75) is 44.8 Å². The molecule has 8 nitrogen and oxygen atoms in total. The molecule has 2 atom stereocenters. The fraction of sp³-hybridized carbons (Fsp3) is 0.556. The normalized spacial score (nSPS) is 22.8. The smallest absolute Gasteiger partial charge is 0.226 e. The van der Waals surface area contributed by atoms with Crippen LogP contribution in [0, 0.1) is 12.8 Å². The predicted octanol–water partition coefficient (Wildman–Crippen LogP) is 0.793. The second-order valence-corrected chi connectivity index (χ2v) is 7.19. The topological polar surface area (TPSA) is 85.1 Å². The Morgan fingerprint density at radius 3 is 2.81 bits per heavy atom. The Hall–Kier alpha value is -2.64. The zero-order valence-corrected chi connectivity index (χ0v) is 15.1. The molecule has 0 radical (unpaired) electrons. The lowest BCUT2D eigenvalue weighted by Gasteiger charge is -2.28. The van der Waals surface area contributed by atoms with Crippen molar-refractivity contribution in [3.63, 3.8) is 0 Å². The molecular weight excluding hydrogens is 332 g/mol. The number of aromatic nitrogens is 4. The van der Waals surface area contributed by atoms with Gasteiger partial charge < -0.3 is 14.8 Å². The van der Waals surface area contributed by atoms with Crippen LogP contribution < -0.4 is 5.32 Å². The molecule has 3 heterocycles. The van der Waals surface area contributed by atoms with Gasteiger partial charge in [-0.25, -0.2) is 4.98 Å². The van der Waals surface area contributed by atoms with Crippen LogP contribution in [0.1, 0.15) is 36.6 Å². The van der Waals surface area contributed by atoms with Crippen LogP contribution in [0.25, 0.3) is 0 Å². The summed E-state index contributed by atoms with van der Waals surface area (Å²) in [4.78, 5) is 31.4. The highest BCUT2D eigenvalue weighted by atomic mass is 16.2. The van der Waals surface area contributed by atoms with E-state index in [0.717, 1.165) is 24.1 Å². The third-order valence-corrected chi connectivity index (χ3v) is 5.46. The van der Waals surface area contributed by atoms with Crippen LogP contribution >= 0.6 is 0 Å². The van der Waals surface area contributed by atoms with E-state index in [-0.39, 0.29) is 36.2 Å². The van der Waals surface area contributed by atoms with Gasteiger partial charge in [0, 0.05) is 56.3 Å². The fourth-order valence-corrected chi connectivity index (χ4v) is 3.80. The molecule has 2 aromatic heterocycles. The molecule has 1 N–H and O–H groups in total. The number of nitrogens with zero attached hydrogens (tertiary/aromatic N) is 5. The molecular formula is C18H24N6O2. The van der Waals surface area contributed by atoms with E-state index < -0.39 is 0 Å². The molecule has 0 unspecified atom stereocenters. The molecule has 0 bridgehead atoms. The summed E-state index contributed by atoms with van der Waals surface area (Å²) in [5.74, 6) is -0.348. The number of aryl methyl sites for hydroxylation is 1. The van der Waals surface area contributed by atoms with E-state index in [9.17, 15) is 9.59 Å². The van der Waals surface area contributed by atoms with Gasteiger partial charge in [0.05, 0.1) is 24.5 Å². The minimum Gasteiger partial charge on any atom is -0.354 e. The maximum absolute atomic E-state index is 12.9. The molecule has 26 heavy (non-hydrogen) atoms. The molecule has 8 heteroatoms. The second-order valence-electron chi connectivity index (χ2n) is 7.19. The Morgan fingerprint density at radius 2 is 2.19 bits per heavy atom. The molecule has 1 saturated carbocycles. The van der Waals surface area contributed by atoms with E-state index in [1.165, 1.54) is 0 Å². The Morgan fingerprint density at radius 1 is 1.38 bits per heavy atom. The zero-order chi connectivity index (χ0) is 18.3. The average Bonchev–Trinajstić information content (AvgIpc) is 3.05. The number of hydrogen-bond acceptors (Lipinski definition) is 4. The molecule has 2 aliphatic rings. The minimum absolute atomic E-state index is 0.0603. The number of imidazole rings is 1. The van der Waals surface area contributed by atoms with Crippen LogP contribution in [0.2, 0.25) is 0 Å². The highest BCUT2D eigenvalue weighted by molar-refractivity contribution is 5.90. The molecule has 0 aromatic carbocycles. The zero-order valence-electron chi connectivity index (χ0n) is 15.1. The summed E-state index contributed by atoms with van der Waals surface area (Å²) in [6, 6.07) is 0.0628. The Bertz CT molecular complexity index is 808. The first-order valence-electron chi connectivity index (χ1n) is 9.09. The molecule has 4 rings (SSSR count). The van der Waals surface area contributed by atoms with E-state index in [0.29, 0.717) is 13.1 Å². The fourth-order valence-electron chi connectivity index (χ4n) is 3.80.